The molecule has 0 bridgehead atoms. The number of nitrogens with one attached hydrogen (secondary N) is 1. The molecule has 1 aromatic heterocycles. The maximum absolute atomic E-state index is 10.8. The average molecular weight is 369 g/mol. The van der Waals surface area contributed by atoms with Crippen LogP contribution in [-0.4, -0.2) is 0 Å². The van der Waals surface area contributed by atoms with Gasteiger partial charge in [0, 0.05) is 8.45 Å². The number of aryl methyl sites for hydroxylation is 1. The molecule has 0 spiro atoms. The highest BCUT2D eigenvalue weighted by molar-refractivity contribution is 14.1. The number of hydrogen-bond donors (Lipinski definition) is 1. The lowest BCUT2D eigenvalue weighted by atomic mass is 10.2. The smallest absolute Gasteiger partial charge is 0.132 e. The molecule has 0 radical (unpaired) electrons. The van der Waals surface area contributed by atoms with Crippen LogP contribution in [0.5, 0.6) is 0 Å². The van der Waals surface area contributed by atoms with Crippen molar-refractivity contribution >= 4 is 50.3 Å². The van der Waals surface area contributed by atoms with Crippen molar-refractivity contribution in [3.63, 3.8) is 0 Å². The molecular weight excluding hydrogens is 361 g/mol. The molecule has 0 aliphatic heterocycles. The lowest BCUT2D eigenvalue weighted by molar-refractivity contribution is 1.45. The molecule has 1 aromatic carbocycles. The Balaban J connectivity index is 2.40. The van der Waals surface area contributed by atoms with Crippen LogP contribution in [0.2, 0.25) is 0 Å². The minimum atomic E-state index is 0.344. The Morgan fingerprint density at radius 2 is 2.22 bits per heavy atom. The second kappa shape index (κ2) is 5.46. The van der Waals surface area contributed by atoms with Crippen molar-refractivity contribution in [1.82, 2.24) is 0 Å². The summed E-state index contributed by atoms with van der Waals surface area (Å²) in [6.07, 6.45) is 0. The molecule has 0 unspecified atom stereocenters. The standard InChI is InChI=1S/C12H8IN3OS/c1-7-4-8(6-14)12(18-7)15-10-3-2-9(13)5-11(10)16-17/h2-5,15H,1H3. The van der Waals surface area contributed by atoms with Gasteiger partial charge in [0.25, 0.3) is 0 Å². The predicted octanol–water partition coefficient (Wildman–Crippen LogP) is 4.67. The largest absolute Gasteiger partial charge is 0.344 e. The molecule has 6 heteroatoms. The Hall–Kier alpha value is -1.46. The van der Waals surface area contributed by atoms with Gasteiger partial charge in [0.2, 0.25) is 0 Å². The molecule has 0 fully saturated rings. The highest BCUT2D eigenvalue weighted by Crippen LogP contribution is 2.34. The van der Waals surface area contributed by atoms with Gasteiger partial charge in [-0.25, -0.2) is 0 Å². The van der Waals surface area contributed by atoms with Crippen molar-refractivity contribution in [2.45, 2.75) is 6.92 Å². The van der Waals surface area contributed by atoms with Gasteiger partial charge in [-0.2, -0.15) is 5.26 Å². The third-order valence-corrected chi connectivity index (χ3v) is 3.92. The van der Waals surface area contributed by atoms with E-state index < -0.39 is 0 Å². The van der Waals surface area contributed by atoms with Crippen LogP contribution in [0.4, 0.5) is 16.4 Å². The van der Waals surface area contributed by atoms with E-state index in [1.807, 2.05) is 19.1 Å². The van der Waals surface area contributed by atoms with Gasteiger partial charge in [-0.15, -0.1) is 16.2 Å². The number of hydrogen-bond acceptors (Lipinski definition) is 5. The monoisotopic (exact) mass is 369 g/mol. The minimum absolute atomic E-state index is 0.344. The van der Waals surface area contributed by atoms with Gasteiger partial charge in [0.15, 0.2) is 0 Å². The van der Waals surface area contributed by atoms with Crippen LogP contribution in [0, 0.1) is 26.7 Å². The fraction of sp³-hybridized carbons (Fsp3) is 0.0833. The number of nitroso groups, excluding NO2 is 1. The first kappa shape index (κ1) is 13.0. The molecule has 0 saturated heterocycles. The van der Waals surface area contributed by atoms with Gasteiger partial charge in [-0.3, -0.25) is 0 Å². The molecule has 2 rings (SSSR count). The zero-order valence-electron chi connectivity index (χ0n) is 9.40. The Morgan fingerprint density at radius 1 is 1.44 bits per heavy atom. The SMILES string of the molecule is Cc1cc(C#N)c(Nc2ccc(I)cc2N=O)s1. The van der Waals surface area contributed by atoms with Gasteiger partial charge in [0.05, 0.1) is 11.3 Å². The molecule has 0 amide bonds. The van der Waals surface area contributed by atoms with Crippen LogP contribution in [-0.2, 0) is 0 Å². The van der Waals surface area contributed by atoms with Crippen LogP contribution in [0.1, 0.15) is 10.4 Å². The normalized spacial score (nSPS) is 9.83. The van der Waals surface area contributed by atoms with Crippen molar-refractivity contribution in [2.75, 3.05) is 5.32 Å². The van der Waals surface area contributed by atoms with E-state index in [2.05, 4.69) is 39.2 Å². The third kappa shape index (κ3) is 2.68. The third-order valence-electron chi connectivity index (χ3n) is 2.28. The summed E-state index contributed by atoms with van der Waals surface area (Å²) < 4.78 is 0.940. The van der Waals surface area contributed by atoms with Gasteiger partial charge in [-0.05, 0) is 59.0 Å². The number of halogens is 1. The first-order valence-corrected chi connectivity index (χ1v) is 6.94. The summed E-state index contributed by atoms with van der Waals surface area (Å²) in [5.41, 5.74) is 1.54. The van der Waals surface area contributed by atoms with E-state index in [1.54, 1.807) is 12.1 Å². The fourth-order valence-corrected chi connectivity index (χ4v) is 2.85. The van der Waals surface area contributed by atoms with Crippen molar-refractivity contribution in [2.24, 2.45) is 5.18 Å². The first-order valence-electron chi connectivity index (χ1n) is 5.04. The van der Waals surface area contributed by atoms with Crippen molar-refractivity contribution in [3.05, 3.63) is 43.2 Å². The van der Waals surface area contributed by atoms with E-state index in [-0.39, 0.29) is 0 Å². The fourth-order valence-electron chi connectivity index (χ4n) is 1.50. The van der Waals surface area contributed by atoms with Gasteiger partial charge in [-0.1, -0.05) is 0 Å². The Morgan fingerprint density at radius 3 is 2.89 bits per heavy atom. The van der Waals surface area contributed by atoms with Gasteiger partial charge >= 0.3 is 0 Å². The number of nitriles is 1. The zero-order valence-corrected chi connectivity index (χ0v) is 12.4. The lowest BCUT2D eigenvalue weighted by Crippen LogP contribution is -1.90. The van der Waals surface area contributed by atoms with Crippen LogP contribution in [0.15, 0.2) is 29.4 Å². The Labute approximate surface area is 122 Å². The number of rotatable bonds is 3. The highest BCUT2D eigenvalue weighted by Gasteiger charge is 2.10. The molecule has 1 N–H and O–H groups in total. The number of thiophene rings is 1. The molecule has 2 aromatic rings. The molecular formula is C12H8IN3OS. The maximum Gasteiger partial charge on any atom is 0.132 e. The number of anilines is 2. The van der Waals surface area contributed by atoms with Crippen molar-refractivity contribution in [3.8, 4) is 6.07 Å². The van der Waals surface area contributed by atoms with Crippen LogP contribution >= 0.6 is 33.9 Å². The molecule has 4 nitrogen and oxygen atoms in total. The molecule has 1 heterocycles. The average Bonchev–Trinajstić information content (AvgIpc) is 2.71. The summed E-state index contributed by atoms with van der Waals surface area (Å²) in [6.45, 7) is 1.93. The Bertz CT molecular complexity index is 645. The van der Waals surface area contributed by atoms with E-state index in [0.29, 0.717) is 16.9 Å². The maximum atomic E-state index is 10.8. The van der Waals surface area contributed by atoms with Gasteiger partial charge < -0.3 is 5.32 Å². The van der Waals surface area contributed by atoms with E-state index >= 15 is 0 Å². The van der Waals surface area contributed by atoms with Crippen molar-refractivity contribution in [1.29, 1.82) is 5.26 Å². The summed E-state index contributed by atoms with van der Waals surface area (Å²) >= 11 is 3.60. The van der Waals surface area contributed by atoms with Crippen LogP contribution in [0.3, 0.4) is 0 Å². The van der Waals surface area contributed by atoms with E-state index in [4.69, 9.17) is 5.26 Å². The molecule has 0 saturated carbocycles. The van der Waals surface area contributed by atoms with Crippen LogP contribution in [0.25, 0.3) is 0 Å². The molecule has 90 valence electrons. The zero-order chi connectivity index (χ0) is 13.1. The molecule has 18 heavy (non-hydrogen) atoms. The summed E-state index contributed by atoms with van der Waals surface area (Å²) in [5, 5.41) is 15.8. The van der Waals surface area contributed by atoms with Gasteiger partial charge in [0.1, 0.15) is 16.8 Å². The molecule has 0 aliphatic carbocycles. The van der Waals surface area contributed by atoms with E-state index in [0.717, 1.165) is 13.4 Å². The summed E-state index contributed by atoms with van der Waals surface area (Å²) in [4.78, 5) is 11.8. The highest BCUT2D eigenvalue weighted by atomic mass is 127. The van der Waals surface area contributed by atoms with Crippen LogP contribution < -0.4 is 5.32 Å². The van der Waals surface area contributed by atoms with Crippen molar-refractivity contribution < 1.29 is 0 Å². The predicted molar refractivity (Wildman–Crippen MR) is 81.7 cm³/mol. The Kier molecular flexibility index (Phi) is 3.93. The summed E-state index contributed by atoms with van der Waals surface area (Å²) in [6, 6.07) is 9.30. The lowest BCUT2D eigenvalue weighted by Gasteiger charge is -2.06. The molecule has 0 aliphatic rings. The summed E-state index contributed by atoms with van der Waals surface area (Å²) in [5.74, 6) is 0. The van der Waals surface area contributed by atoms with E-state index in [9.17, 15) is 4.91 Å². The minimum Gasteiger partial charge on any atom is -0.344 e. The first-order chi connectivity index (χ1) is 8.63. The molecule has 0 atom stereocenters. The number of benzene rings is 1. The second-order valence-electron chi connectivity index (χ2n) is 3.59. The quantitative estimate of drug-likeness (QED) is 0.631. The second-order valence-corrected chi connectivity index (χ2v) is 6.09. The summed E-state index contributed by atoms with van der Waals surface area (Å²) in [7, 11) is 0. The van der Waals surface area contributed by atoms with E-state index in [1.165, 1.54) is 11.3 Å². The topological polar surface area (TPSA) is 65.2 Å². The number of nitrogens with zero attached hydrogens (tertiary/aromatic N) is 2.